The van der Waals surface area contributed by atoms with Crippen molar-refractivity contribution in [2.45, 2.75) is 0 Å². The average molecular weight is 461 g/mol. The second-order valence-corrected chi connectivity index (χ2v) is 7.16. The average Bonchev–Trinajstić information content (AvgIpc) is 3.27. The molecule has 0 atom stereocenters. The fraction of sp³-hybridized carbons (Fsp3) is 0. The highest BCUT2D eigenvalue weighted by molar-refractivity contribution is 6.04. The van der Waals surface area contributed by atoms with Crippen LogP contribution in [0.25, 0.3) is 16.6 Å². The van der Waals surface area contributed by atoms with Crippen LogP contribution in [0.3, 0.4) is 0 Å². The van der Waals surface area contributed by atoms with Crippen molar-refractivity contribution in [2.75, 3.05) is 5.32 Å². The van der Waals surface area contributed by atoms with E-state index < -0.39 is 28.9 Å². The smallest absolute Gasteiger partial charge is 0.261 e. The van der Waals surface area contributed by atoms with Gasteiger partial charge >= 0.3 is 0 Å². The van der Waals surface area contributed by atoms with E-state index in [2.05, 4.69) is 20.4 Å². The summed E-state index contributed by atoms with van der Waals surface area (Å²) in [6.07, 6.45) is 6.39. The summed E-state index contributed by atoms with van der Waals surface area (Å²) >= 11 is 0. The summed E-state index contributed by atoms with van der Waals surface area (Å²) in [6.45, 7) is 0. The minimum absolute atomic E-state index is 0.00751. The number of aromatic nitrogens is 4. The number of carbonyl (C=O) groups excluding carboxylic acids is 1. The first kappa shape index (κ1) is 21.1. The van der Waals surface area contributed by atoms with Gasteiger partial charge in [-0.2, -0.15) is 10.1 Å². The number of ether oxygens (including phenoxy) is 1. The molecular weight excluding hydrogens is 447 g/mol. The highest BCUT2D eigenvalue weighted by Gasteiger charge is 2.18. The highest BCUT2D eigenvalue weighted by Crippen LogP contribution is 2.31. The van der Waals surface area contributed by atoms with Gasteiger partial charge in [0.2, 0.25) is 5.88 Å². The molecular formula is C24H14F3N5O2. The lowest BCUT2D eigenvalue weighted by Gasteiger charge is -2.10. The molecule has 10 heteroatoms. The number of nitrogens with one attached hydrogen (secondary N) is 1. The molecule has 2 aromatic carbocycles. The van der Waals surface area contributed by atoms with Gasteiger partial charge in [0.15, 0.2) is 11.6 Å². The molecule has 0 radical (unpaired) electrons. The van der Waals surface area contributed by atoms with E-state index >= 15 is 0 Å². The number of pyridine rings is 1. The minimum atomic E-state index is -1.04. The molecule has 34 heavy (non-hydrogen) atoms. The van der Waals surface area contributed by atoms with Gasteiger partial charge in [0.1, 0.15) is 29.0 Å². The molecule has 3 heterocycles. The van der Waals surface area contributed by atoms with Crippen LogP contribution < -0.4 is 10.1 Å². The first-order valence-corrected chi connectivity index (χ1v) is 9.96. The molecule has 5 aromatic rings. The normalized spacial score (nSPS) is 10.9. The maximum Gasteiger partial charge on any atom is 0.261 e. The molecule has 0 aliphatic rings. The molecule has 0 bridgehead atoms. The van der Waals surface area contributed by atoms with E-state index in [1.807, 2.05) is 6.07 Å². The van der Waals surface area contributed by atoms with Crippen LogP contribution in [0.4, 0.5) is 18.9 Å². The van der Waals surface area contributed by atoms with Crippen molar-refractivity contribution in [3.8, 4) is 22.8 Å². The van der Waals surface area contributed by atoms with Gasteiger partial charge in [-0.15, -0.1) is 0 Å². The Hall–Kier alpha value is -4.73. The summed E-state index contributed by atoms with van der Waals surface area (Å²) in [5.41, 5.74) is 1.40. The van der Waals surface area contributed by atoms with Crippen LogP contribution in [0.5, 0.6) is 11.6 Å². The van der Waals surface area contributed by atoms with Gasteiger partial charge in [-0.25, -0.2) is 17.7 Å². The first-order valence-electron chi connectivity index (χ1n) is 9.96. The van der Waals surface area contributed by atoms with Crippen LogP contribution in [-0.4, -0.2) is 25.5 Å². The number of carbonyl (C=O) groups is 1. The maximum absolute atomic E-state index is 14.7. The van der Waals surface area contributed by atoms with Crippen molar-refractivity contribution >= 4 is 17.1 Å². The number of anilines is 1. The highest BCUT2D eigenvalue weighted by atomic mass is 19.1. The van der Waals surface area contributed by atoms with Crippen LogP contribution in [0, 0.1) is 17.5 Å². The third kappa shape index (κ3) is 4.04. The van der Waals surface area contributed by atoms with Crippen LogP contribution in [0.15, 0.2) is 79.5 Å². The Labute approximate surface area is 190 Å². The van der Waals surface area contributed by atoms with E-state index in [9.17, 15) is 18.0 Å². The molecule has 5 rings (SSSR count). The number of halogens is 3. The van der Waals surface area contributed by atoms with E-state index in [0.717, 1.165) is 35.4 Å². The predicted molar refractivity (Wildman–Crippen MR) is 117 cm³/mol. The molecule has 0 fully saturated rings. The summed E-state index contributed by atoms with van der Waals surface area (Å²) in [6, 6.07) is 12.1. The summed E-state index contributed by atoms with van der Waals surface area (Å²) in [7, 11) is 0. The van der Waals surface area contributed by atoms with Crippen LogP contribution >= 0.6 is 0 Å². The van der Waals surface area contributed by atoms with Crippen LogP contribution in [0.2, 0.25) is 0 Å². The molecule has 7 nitrogen and oxygen atoms in total. The number of nitrogens with zero attached hydrogens (tertiary/aromatic N) is 4. The lowest BCUT2D eigenvalue weighted by molar-refractivity contribution is 0.101. The van der Waals surface area contributed by atoms with Crippen molar-refractivity contribution < 1.29 is 22.7 Å². The van der Waals surface area contributed by atoms with E-state index in [-0.39, 0.29) is 17.3 Å². The van der Waals surface area contributed by atoms with E-state index in [4.69, 9.17) is 4.74 Å². The predicted octanol–water partition coefficient (Wildman–Crippen LogP) is 5.25. The van der Waals surface area contributed by atoms with E-state index in [1.54, 1.807) is 35.2 Å². The molecule has 3 aromatic heterocycles. The van der Waals surface area contributed by atoms with Gasteiger partial charge in [-0.05, 0) is 36.4 Å². The molecule has 1 N–H and O–H groups in total. The monoisotopic (exact) mass is 461 g/mol. The van der Waals surface area contributed by atoms with Gasteiger partial charge in [0.25, 0.3) is 5.91 Å². The Balaban J connectivity index is 1.39. The molecule has 1 amide bonds. The molecule has 0 aliphatic heterocycles. The zero-order valence-corrected chi connectivity index (χ0v) is 17.2. The van der Waals surface area contributed by atoms with Gasteiger partial charge in [0, 0.05) is 41.5 Å². The number of amides is 1. The Bertz CT molecular complexity index is 1500. The molecule has 0 aliphatic carbocycles. The van der Waals surface area contributed by atoms with Crippen molar-refractivity contribution in [2.24, 2.45) is 0 Å². The van der Waals surface area contributed by atoms with Gasteiger partial charge < -0.3 is 10.1 Å². The number of fused-ring (bicyclic) bond motifs is 1. The quantitative estimate of drug-likeness (QED) is 0.387. The van der Waals surface area contributed by atoms with Crippen molar-refractivity contribution in [1.29, 1.82) is 0 Å². The third-order valence-electron chi connectivity index (χ3n) is 4.95. The fourth-order valence-corrected chi connectivity index (χ4v) is 3.35. The standard InChI is InChI=1S/C24H14F3N5O2/c25-17-4-1-5-18(26)22(17)23(33)31-16-6-7-21(19(27)10-16)34-24-20-9-15(12-32(20)30-13-29-24)14-3-2-8-28-11-14/h1-13H,(H,31,33). The summed E-state index contributed by atoms with van der Waals surface area (Å²) < 4.78 is 49.6. The molecule has 0 unspecified atom stereocenters. The molecule has 0 saturated heterocycles. The first-order chi connectivity index (χ1) is 16.5. The van der Waals surface area contributed by atoms with Crippen molar-refractivity contribution in [3.05, 3.63) is 103 Å². The largest absolute Gasteiger partial charge is 0.434 e. The van der Waals surface area contributed by atoms with E-state index in [1.165, 1.54) is 18.5 Å². The Morgan fingerprint density at radius 3 is 2.50 bits per heavy atom. The van der Waals surface area contributed by atoms with Crippen LogP contribution in [0.1, 0.15) is 10.4 Å². The summed E-state index contributed by atoms with van der Waals surface area (Å²) in [5, 5.41) is 6.42. The number of benzene rings is 2. The SMILES string of the molecule is O=C(Nc1ccc(Oc2ncnn3cc(-c4cccnc4)cc23)c(F)c1)c1c(F)cccc1F. The lowest BCUT2D eigenvalue weighted by Crippen LogP contribution is -2.16. The van der Waals surface area contributed by atoms with Crippen molar-refractivity contribution in [3.63, 3.8) is 0 Å². The van der Waals surface area contributed by atoms with Crippen molar-refractivity contribution in [1.82, 2.24) is 19.6 Å². The second kappa shape index (κ2) is 8.66. The zero-order valence-electron chi connectivity index (χ0n) is 17.2. The van der Waals surface area contributed by atoms with E-state index in [0.29, 0.717) is 5.52 Å². The second-order valence-electron chi connectivity index (χ2n) is 7.16. The topological polar surface area (TPSA) is 81.4 Å². The fourth-order valence-electron chi connectivity index (χ4n) is 3.35. The number of hydrogen-bond donors (Lipinski definition) is 1. The van der Waals surface area contributed by atoms with Crippen LogP contribution in [-0.2, 0) is 0 Å². The molecule has 168 valence electrons. The number of hydrogen-bond acceptors (Lipinski definition) is 5. The molecule has 0 saturated carbocycles. The Morgan fingerprint density at radius 2 is 1.76 bits per heavy atom. The van der Waals surface area contributed by atoms with Gasteiger partial charge in [0.05, 0.1) is 0 Å². The molecule has 0 spiro atoms. The Kier molecular flexibility index (Phi) is 5.38. The Morgan fingerprint density at radius 1 is 0.941 bits per heavy atom. The minimum Gasteiger partial charge on any atom is -0.434 e. The summed E-state index contributed by atoms with van der Waals surface area (Å²) in [5.74, 6) is -3.97. The maximum atomic E-state index is 14.7. The summed E-state index contributed by atoms with van der Waals surface area (Å²) in [4.78, 5) is 20.4. The third-order valence-corrected chi connectivity index (χ3v) is 4.95. The lowest BCUT2D eigenvalue weighted by atomic mass is 10.1. The number of rotatable bonds is 5. The van der Waals surface area contributed by atoms with Gasteiger partial charge in [-0.1, -0.05) is 12.1 Å². The zero-order chi connectivity index (χ0) is 23.7. The van der Waals surface area contributed by atoms with Gasteiger partial charge in [-0.3, -0.25) is 9.78 Å².